The number of para-hydroxylation sites is 1. The molecule has 1 aromatic carbocycles. The van der Waals surface area contributed by atoms with E-state index in [1.54, 1.807) is 11.0 Å². The lowest BCUT2D eigenvalue weighted by atomic mass is 10.3. The Balaban J connectivity index is 1.88. The van der Waals surface area contributed by atoms with Gasteiger partial charge in [-0.2, -0.15) is 0 Å². The zero-order valence-corrected chi connectivity index (χ0v) is 12.0. The standard InChI is InChI=1S/C11H14N4O2S2/c1-19(16,17)13-7-8-18-11-12-9-15(14-11)10-5-3-2-4-6-10/h2-6,9,13H,7-8H2,1H3. The van der Waals surface area contributed by atoms with E-state index in [1.165, 1.54) is 11.8 Å². The van der Waals surface area contributed by atoms with E-state index < -0.39 is 10.0 Å². The summed E-state index contributed by atoms with van der Waals surface area (Å²) in [6.45, 7) is 0.364. The molecule has 1 aromatic heterocycles. The minimum Gasteiger partial charge on any atom is -0.220 e. The van der Waals surface area contributed by atoms with Gasteiger partial charge in [-0.1, -0.05) is 30.0 Å². The van der Waals surface area contributed by atoms with Crippen LogP contribution in [0.1, 0.15) is 0 Å². The molecule has 8 heteroatoms. The number of benzene rings is 1. The summed E-state index contributed by atoms with van der Waals surface area (Å²) < 4.78 is 25.9. The molecule has 0 fully saturated rings. The van der Waals surface area contributed by atoms with Gasteiger partial charge in [0.1, 0.15) is 6.33 Å². The van der Waals surface area contributed by atoms with Gasteiger partial charge in [0.15, 0.2) is 0 Å². The van der Waals surface area contributed by atoms with Crippen LogP contribution in [0.4, 0.5) is 0 Å². The molecule has 0 aliphatic carbocycles. The van der Waals surface area contributed by atoms with Gasteiger partial charge in [0.25, 0.3) is 0 Å². The minimum atomic E-state index is -3.13. The van der Waals surface area contributed by atoms with Gasteiger partial charge in [-0.05, 0) is 12.1 Å². The molecule has 6 nitrogen and oxygen atoms in total. The van der Waals surface area contributed by atoms with Crippen LogP contribution in [0.25, 0.3) is 5.69 Å². The molecule has 0 atom stereocenters. The maximum Gasteiger partial charge on any atom is 0.208 e. The summed E-state index contributed by atoms with van der Waals surface area (Å²) >= 11 is 1.41. The largest absolute Gasteiger partial charge is 0.220 e. The van der Waals surface area contributed by atoms with E-state index in [1.807, 2.05) is 30.3 Å². The van der Waals surface area contributed by atoms with Crippen LogP contribution in [-0.4, -0.2) is 41.7 Å². The molecule has 0 aliphatic rings. The van der Waals surface area contributed by atoms with Crippen molar-refractivity contribution in [2.45, 2.75) is 5.16 Å². The Morgan fingerprint density at radius 2 is 2.05 bits per heavy atom. The molecular formula is C11H14N4O2S2. The Kier molecular flexibility index (Phi) is 4.56. The van der Waals surface area contributed by atoms with Crippen molar-refractivity contribution >= 4 is 21.8 Å². The zero-order valence-electron chi connectivity index (χ0n) is 10.4. The van der Waals surface area contributed by atoms with Gasteiger partial charge in [-0.15, -0.1) is 5.10 Å². The smallest absolute Gasteiger partial charge is 0.208 e. The molecule has 0 bridgehead atoms. The lowest BCUT2D eigenvalue weighted by Gasteiger charge is -2.00. The lowest BCUT2D eigenvalue weighted by Crippen LogP contribution is -2.24. The van der Waals surface area contributed by atoms with E-state index in [2.05, 4.69) is 14.8 Å². The van der Waals surface area contributed by atoms with Gasteiger partial charge < -0.3 is 0 Å². The number of hydrogen-bond donors (Lipinski definition) is 1. The van der Waals surface area contributed by atoms with Crippen molar-refractivity contribution in [1.82, 2.24) is 19.5 Å². The van der Waals surface area contributed by atoms with Crippen molar-refractivity contribution in [3.8, 4) is 5.69 Å². The van der Waals surface area contributed by atoms with Crippen molar-refractivity contribution in [3.63, 3.8) is 0 Å². The molecule has 0 spiro atoms. The van der Waals surface area contributed by atoms with E-state index in [0.29, 0.717) is 17.5 Å². The second-order valence-electron chi connectivity index (χ2n) is 3.82. The molecule has 1 heterocycles. The van der Waals surface area contributed by atoms with Crippen molar-refractivity contribution in [2.24, 2.45) is 0 Å². The normalized spacial score (nSPS) is 11.6. The summed E-state index contributed by atoms with van der Waals surface area (Å²) in [5, 5.41) is 4.93. The molecule has 2 rings (SSSR count). The molecule has 1 N–H and O–H groups in total. The van der Waals surface area contributed by atoms with Gasteiger partial charge >= 0.3 is 0 Å². The van der Waals surface area contributed by atoms with Crippen molar-refractivity contribution in [3.05, 3.63) is 36.7 Å². The van der Waals surface area contributed by atoms with Gasteiger partial charge in [-0.25, -0.2) is 22.8 Å². The first-order valence-corrected chi connectivity index (χ1v) is 8.47. The van der Waals surface area contributed by atoms with Crippen LogP contribution in [0, 0.1) is 0 Å². The third kappa shape index (κ3) is 4.66. The Labute approximate surface area is 116 Å². The SMILES string of the molecule is CS(=O)(=O)NCCSc1ncn(-c2ccccc2)n1. The van der Waals surface area contributed by atoms with Crippen LogP contribution < -0.4 is 4.72 Å². The van der Waals surface area contributed by atoms with E-state index in [9.17, 15) is 8.42 Å². The fourth-order valence-corrected chi connectivity index (χ4v) is 2.64. The quantitative estimate of drug-likeness (QED) is 0.633. The highest BCUT2D eigenvalue weighted by Gasteiger charge is 2.04. The van der Waals surface area contributed by atoms with E-state index in [0.717, 1.165) is 11.9 Å². The molecule has 0 saturated carbocycles. The summed E-state index contributed by atoms with van der Waals surface area (Å²) in [7, 11) is -3.13. The fourth-order valence-electron chi connectivity index (χ4n) is 1.39. The Hall–Kier alpha value is -1.38. The van der Waals surface area contributed by atoms with Gasteiger partial charge in [-0.3, -0.25) is 0 Å². The number of nitrogens with zero attached hydrogens (tertiary/aromatic N) is 3. The summed E-state index contributed by atoms with van der Waals surface area (Å²) in [6, 6.07) is 9.68. The first kappa shape index (κ1) is 14.0. The molecule has 19 heavy (non-hydrogen) atoms. The number of sulfonamides is 1. The predicted octanol–water partition coefficient (Wildman–Crippen LogP) is 0.909. The maximum atomic E-state index is 10.9. The highest BCUT2D eigenvalue weighted by molar-refractivity contribution is 7.99. The van der Waals surface area contributed by atoms with E-state index in [4.69, 9.17) is 0 Å². The average Bonchev–Trinajstić information content (AvgIpc) is 2.83. The Morgan fingerprint density at radius 3 is 2.74 bits per heavy atom. The van der Waals surface area contributed by atoms with Gasteiger partial charge in [0.2, 0.25) is 15.2 Å². The molecular weight excluding hydrogens is 284 g/mol. The highest BCUT2D eigenvalue weighted by Crippen LogP contribution is 2.13. The number of aromatic nitrogens is 3. The van der Waals surface area contributed by atoms with Crippen molar-refractivity contribution < 1.29 is 8.42 Å². The maximum absolute atomic E-state index is 10.9. The van der Waals surface area contributed by atoms with Crippen LogP contribution in [-0.2, 0) is 10.0 Å². The Bertz CT molecular complexity index is 625. The van der Waals surface area contributed by atoms with Crippen LogP contribution in [0.2, 0.25) is 0 Å². The molecule has 0 aliphatic heterocycles. The average molecular weight is 298 g/mol. The number of rotatable bonds is 6. The monoisotopic (exact) mass is 298 g/mol. The predicted molar refractivity (Wildman–Crippen MR) is 74.9 cm³/mol. The van der Waals surface area contributed by atoms with Crippen LogP contribution in [0.5, 0.6) is 0 Å². The van der Waals surface area contributed by atoms with Crippen molar-refractivity contribution in [1.29, 1.82) is 0 Å². The zero-order chi connectivity index (χ0) is 13.7. The highest BCUT2D eigenvalue weighted by atomic mass is 32.2. The lowest BCUT2D eigenvalue weighted by molar-refractivity contribution is 0.590. The van der Waals surface area contributed by atoms with Crippen LogP contribution >= 0.6 is 11.8 Å². The molecule has 0 radical (unpaired) electrons. The second-order valence-corrected chi connectivity index (χ2v) is 6.72. The fraction of sp³-hybridized carbons (Fsp3) is 0.273. The second kappa shape index (κ2) is 6.18. The molecule has 2 aromatic rings. The number of hydrogen-bond acceptors (Lipinski definition) is 5. The van der Waals surface area contributed by atoms with Crippen molar-refractivity contribution in [2.75, 3.05) is 18.6 Å². The molecule has 0 saturated heterocycles. The number of nitrogens with one attached hydrogen (secondary N) is 1. The van der Waals surface area contributed by atoms with E-state index >= 15 is 0 Å². The summed E-state index contributed by atoms with van der Waals surface area (Å²) in [5.41, 5.74) is 0.941. The summed E-state index contributed by atoms with van der Waals surface area (Å²) in [4.78, 5) is 4.16. The number of thioether (sulfide) groups is 1. The Morgan fingerprint density at radius 1 is 1.32 bits per heavy atom. The molecule has 0 amide bonds. The first-order chi connectivity index (χ1) is 9.04. The summed E-state index contributed by atoms with van der Waals surface area (Å²) in [5.74, 6) is 0.589. The molecule has 0 unspecified atom stereocenters. The first-order valence-electron chi connectivity index (χ1n) is 5.59. The third-order valence-electron chi connectivity index (χ3n) is 2.19. The topological polar surface area (TPSA) is 76.9 Å². The van der Waals surface area contributed by atoms with Gasteiger partial charge in [0, 0.05) is 12.3 Å². The molecule has 102 valence electrons. The van der Waals surface area contributed by atoms with Crippen LogP contribution in [0.15, 0.2) is 41.8 Å². The summed E-state index contributed by atoms with van der Waals surface area (Å²) in [6.07, 6.45) is 2.78. The minimum absolute atomic E-state index is 0.364. The third-order valence-corrected chi connectivity index (χ3v) is 3.77. The van der Waals surface area contributed by atoms with Crippen LogP contribution in [0.3, 0.4) is 0 Å². The van der Waals surface area contributed by atoms with Gasteiger partial charge in [0.05, 0.1) is 11.9 Å². The van der Waals surface area contributed by atoms with E-state index in [-0.39, 0.29) is 0 Å².